The van der Waals surface area contributed by atoms with Gasteiger partial charge in [0.2, 0.25) is 0 Å². The number of carbonyl (C=O) groups excluding carboxylic acids is 1. The summed E-state index contributed by atoms with van der Waals surface area (Å²) in [6, 6.07) is 2.02. The van der Waals surface area contributed by atoms with Crippen LogP contribution in [0, 0.1) is 6.92 Å². The molecule has 0 saturated carbocycles. The van der Waals surface area contributed by atoms with E-state index in [1.54, 1.807) is 6.07 Å². The first-order chi connectivity index (χ1) is 8.13. The number of alkyl halides is 1. The van der Waals surface area contributed by atoms with Crippen molar-refractivity contribution < 1.29 is 9.21 Å². The Balaban J connectivity index is 2.86. The van der Waals surface area contributed by atoms with Crippen LogP contribution in [0.2, 0.25) is 0 Å². The van der Waals surface area contributed by atoms with E-state index in [-0.39, 0.29) is 11.9 Å². The molecule has 0 radical (unpaired) electrons. The Hall–Kier alpha value is -0.960. The van der Waals surface area contributed by atoms with Crippen LogP contribution in [0.3, 0.4) is 0 Å². The van der Waals surface area contributed by atoms with Crippen molar-refractivity contribution in [2.75, 3.05) is 12.4 Å². The first-order valence-electron chi connectivity index (χ1n) is 6.06. The van der Waals surface area contributed by atoms with Gasteiger partial charge in [-0.15, -0.1) is 11.6 Å². The number of rotatable bonds is 6. The first-order valence-corrected chi connectivity index (χ1v) is 6.59. The minimum absolute atomic E-state index is 0.0104. The molecule has 0 aromatic carbocycles. The summed E-state index contributed by atoms with van der Waals surface area (Å²) in [5, 5.41) is 0. The van der Waals surface area contributed by atoms with E-state index in [4.69, 9.17) is 16.0 Å². The quantitative estimate of drug-likeness (QED) is 0.732. The smallest absolute Gasteiger partial charge is 0.257 e. The lowest BCUT2D eigenvalue weighted by Crippen LogP contribution is -2.40. The molecule has 1 aromatic heterocycles. The second-order valence-electron chi connectivity index (χ2n) is 4.10. The van der Waals surface area contributed by atoms with E-state index in [2.05, 4.69) is 13.8 Å². The maximum atomic E-state index is 12.3. The first kappa shape index (κ1) is 14.1. The van der Waals surface area contributed by atoms with Gasteiger partial charge < -0.3 is 9.32 Å². The molecule has 0 spiro atoms. The highest BCUT2D eigenvalue weighted by molar-refractivity contribution is 6.18. The Labute approximate surface area is 108 Å². The SMILES string of the molecule is CCC(CC)N(CCCl)C(=O)c1coc(C)c1. The maximum absolute atomic E-state index is 12.3. The number of hydrogen-bond donors (Lipinski definition) is 0. The third-order valence-electron chi connectivity index (χ3n) is 2.95. The molecule has 0 N–H and O–H groups in total. The molecule has 0 unspecified atom stereocenters. The van der Waals surface area contributed by atoms with Crippen LogP contribution in [0.5, 0.6) is 0 Å². The molecular weight excluding hydrogens is 238 g/mol. The van der Waals surface area contributed by atoms with Gasteiger partial charge in [0.05, 0.1) is 5.56 Å². The van der Waals surface area contributed by atoms with Crippen LogP contribution >= 0.6 is 11.6 Å². The van der Waals surface area contributed by atoms with E-state index >= 15 is 0 Å². The van der Waals surface area contributed by atoms with Gasteiger partial charge in [-0.3, -0.25) is 4.79 Å². The van der Waals surface area contributed by atoms with Crippen LogP contribution < -0.4 is 0 Å². The molecule has 1 rings (SSSR count). The molecule has 0 atom stereocenters. The van der Waals surface area contributed by atoms with Crippen LogP contribution in [0.4, 0.5) is 0 Å². The summed E-state index contributed by atoms with van der Waals surface area (Å²) in [7, 11) is 0. The van der Waals surface area contributed by atoms with Gasteiger partial charge in [0.25, 0.3) is 5.91 Å². The average molecular weight is 258 g/mol. The molecule has 1 aromatic rings. The van der Waals surface area contributed by atoms with Crippen molar-refractivity contribution in [1.29, 1.82) is 0 Å². The number of amides is 1. The van der Waals surface area contributed by atoms with Crippen molar-refractivity contribution in [3.8, 4) is 0 Å². The van der Waals surface area contributed by atoms with Gasteiger partial charge in [-0.1, -0.05) is 13.8 Å². The molecule has 17 heavy (non-hydrogen) atoms. The molecular formula is C13H20ClNO2. The van der Waals surface area contributed by atoms with Crippen molar-refractivity contribution in [3.63, 3.8) is 0 Å². The van der Waals surface area contributed by atoms with Crippen molar-refractivity contribution in [2.24, 2.45) is 0 Å². The second-order valence-corrected chi connectivity index (χ2v) is 4.48. The number of halogens is 1. The van der Waals surface area contributed by atoms with E-state index in [0.717, 1.165) is 18.6 Å². The molecule has 96 valence electrons. The van der Waals surface area contributed by atoms with Crippen LogP contribution in [0.15, 0.2) is 16.7 Å². The van der Waals surface area contributed by atoms with Gasteiger partial charge in [-0.05, 0) is 25.8 Å². The molecule has 0 saturated heterocycles. The van der Waals surface area contributed by atoms with Crippen molar-refractivity contribution in [3.05, 3.63) is 23.7 Å². The van der Waals surface area contributed by atoms with E-state index in [1.165, 1.54) is 6.26 Å². The van der Waals surface area contributed by atoms with Gasteiger partial charge in [0.1, 0.15) is 12.0 Å². The second kappa shape index (κ2) is 6.70. The minimum atomic E-state index is 0.0104. The van der Waals surface area contributed by atoms with Crippen LogP contribution in [0.25, 0.3) is 0 Å². The summed E-state index contributed by atoms with van der Waals surface area (Å²) in [4.78, 5) is 14.2. The summed E-state index contributed by atoms with van der Waals surface area (Å²) in [5.74, 6) is 1.22. The minimum Gasteiger partial charge on any atom is -0.469 e. The predicted molar refractivity (Wildman–Crippen MR) is 69.6 cm³/mol. The lowest BCUT2D eigenvalue weighted by atomic mass is 10.1. The van der Waals surface area contributed by atoms with Gasteiger partial charge >= 0.3 is 0 Å². The standard InChI is InChI=1S/C13H20ClNO2/c1-4-12(5-2)15(7-6-14)13(16)11-8-10(3)17-9-11/h8-9,12H,4-7H2,1-3H3. The highest BCUT2D eigenvalue weighted by Gasteiger charge is 2.22. The summed E-state index contributed by atoms with van der Waals surface area (Å²) < 4.78 is 5.18. The summed E-state index contributed by atoms with van der Waals surface area (Å²) in [6.45, 7) is 6.59. The predicted octanol–water partition coefficient (Wildman–Crippen LogP) is 3.46. The van der Waals surface area contributed by atoms with Crippen molar-refractivity contribution in [1.82, 2.24) is 4.90 Å². The van der Waals surface area contributed by atoms with Gasteiger partial charge in [0, 0.05) is 18.5 Å². The van der Waals surface area contributed by atoms with Crippen LogP contribution in [0.1, 0.15) is 42.8 Å². The fourth-order valence-electron chi connectivity index (χ4n) is 1.99. The molecule has 0 aliphatic heterocycles. The fraction of sp³-hybridized carbons (Fsp3) is 0.615. The zero-order valence-electron chi connectivity index (χ0n) is 10.7. The zero-order valence-corrected chi connectivity index (χ0v) is 11.5. The topological polar surface area (TPSA) is 33.5 Å². The number of furan rings is 1. The molecule has 1 heterocycles. The molecule has 4 heteroatoms. The highest BCUT2D eigenvalue weighted by Crippen LogP contribution is 2.15. The van der Waals surface area contributed by atoms with Gasteiger partial charge in [-0.2, -0.15) is 0 Å². The molecule has 0 fully saturated rings. The van der Waals surface area contributed by atoms with E-state index in [9.17, 15) is 4.79 Å². The Morgan fingerprint density at radius 2 is 2.12 bits per heavy atom. The number of carbonyl (C=O) groups is 1. The van der Waals surface area contributed by atoms with Gasteiger partial charge in [-0.25, -0.2) is 0 Å². The number of hydrogen-bond acceptors (Lipinski definition) is 2. The van der Waals surface area contributed by atoms with Gasteiger partial charge in [0.15, 0.2) is 0 Å². The van der Waals surface area contributed by atoms with Crippen LogP contribution in [-0.4, -0.2) is 29.3 Å². The third-order valence-corrected chi connectivity index (χ3v) is 3.12. The monoisotopic (exact) mass is 257 g/mol. The van der Waals surface area contributed by atoms with E-state index in [1.807, 2.05) is 11.8 Å². The molecule has 1 amide bonds. The zero-order chi connectivity index (χ0) is 12.8. The Morgan fingerprint density at radius 3 is 2.53 bits per heavy atom. The Bertz CT molecular complexity index is 358. The lowest BCUT2D eigenvalue weighted by molar-refractivity contribution is 0.0681. The maximum Gasteiger partial charge on any atom is 0.257 e. The molecule has 0 bridgehead atoms. The fourth-order valence-corrected chi connectivity index (χ4v) is 2.17. The van der Waals surface area contributed by atoms with E-state index < -0.39 is 0 Å². The largest absolute Gasteiger partial charge is 0.469 e. The number of nitrogens with zero attached hydrogens (tertiary/aromatic N) is 1. The Kier molecular flexibility index (Phi) is 5.56. The summed E-state index contributed by atoms with van der Waals surface area (Å²) >= 11 is 5.77. The summed E-state index contributed by atoms with van der Waals surface area (Å²) in [5.41, 5.74) is 0.611. The van der Waals surface area contributed by atoms with Crippen molar-refractivity contribution >= 4 is 17.5 Å². The number of aryl methyl sites for hydroxylation is 1. The molecule has 3 nitrogen and oxygen atoms in total. The normalized spacial score (nSPS) is 10.9. The molecule has 0 aliphatic carbocycles. The lowest BCUT2D eigenvalue weighted by Gasteiger charge is -2.29. The van der Waals surface area contributed by atoms with E-state index in [0.29, 0.717) is 18.0 Å². The summed E-state index contributed by atoms with van der Waals surface area (Å²) in [6.07, 6.45) is 3.40. The van der Waals surface area contributed by atoms with Crippen LogP contribution in [-0.2, 0) is 0 Å². The average Bonchev–Trinajstić information content (AvgIpc) is 2.75. The third kappa shape index (κ3) is 3.50. The Morgan fingerprint density at radius 1 is 1.47 bits per heavy atom. The highest BCUT2D eigenvalue weighted by atomic mass is 35.5. The molecule has 0 aliphatic rings. The van der Waals surface area contributed by atoms with Crippen molar-refractivity contribution in [2.45, 2.75) is 39.7 Å².